The Morgan fingerprint density at radius 2 is 1.43 bits per heavy atom. The van der Waals surface area contributed by atoms with E-state index in [1.165, 1.54) is 20.8 Å². The number of carbonyl (C=O) groups is 1. The lowest BCUT2D eigenvalue weighted by molar-refractivity contribution is -0.290. The van der Waals surface area contributed by atoms with Gasteiger partial charge in [0.05, 0.1) is 13.2 Å². The summed E-state index contributed by atoms with van der Waals surface area (Å²) < 4.78 is 86.2. The van der Waals surface area contributed by atoms with Crippen molar-refractivity contribution in [2.75, 3.05) is 13.2 Å². The molecule has 0 bridgehead atoms. The number of halogens is 3. The van der Waals surface area contributed by atoms with Gasteiger partial charge in [-0.05, 0) is 57.6 Å². The van der Waals surface area contributed by atoms with Crippen LogP contribution < -0.4 is 0 Å². The van der Waals surface area contributed by atoms with Crippen LogP contribution in [-0.4, -0.2) is 64.8 Å². The minimum absolute atomic E-state index is 0.0323. The lowest BCUT2D eigenvalue weighted by atomic mass is 9.80. The highest BCUT2D eigenvalue weighted by molar-refractivity contribution is 7.83. The number of hydrogen-bond donors (Lipinski definition) is 1. The number of alkyl halides is 3. The maximum Gasteiger partial charge on any atom is 0.425 e. The molecule has 0 saturated heterocycles. The highest BCUT2D eigenvalue weighted by Gasteiger charge is 2.57. The van der Waals surface area contributed by atoms with E-state index in [4.69, 9.17) is 9.47 Å². The predicted octanol–water partition coefficient (Wildman–Crippen LogP) is 5.99. The van der Waals surface area contributed by atoms with Gasteiger partial charge in [0.15, 0.2) is 5.60 Å². The van der Waals surface area contributed by atoms with Crippen molar-refractivity contribution in [3.63, 3.8) is 0 Å². The van der Waals surface area contributed by atoms with Crippen LogP contribution in [0.3, 0.4) is 0 Å². The Morgan fingerprint density at radius 1 is 0.950 bits per heavy atom. The zero-order valence-corrected chi connectivity index (χ0v) is 23.7. The molecule has 40 heavy (non-hydrogen) atoms. The van der Waals surface area contributed by atoms with E-state index < -0.39 is 46.9 Å². The molecule has 0 heterocycles. The van der Waals surface area contributed by atoms with Gasteiger partial charge in [0.2, 0.25) is 0 Å². The second-order valence-corrected chi connectivity index (χ2v) is 12.3. The summed E-state index contributed by atoms with van der Waals surface area (Å²) in [5.74, 6) is 0. The van der Waals surface area contributed by atoms with Gasteiger partial charge in [0.1, 0.15) is 5.60 Å². The highest BCUT2D eigenvalue weighted by Crippen LogP contribution is 2.45. The van der Waals surface area contributed by atoms with Crippen molar-refractivity contribution in [1.29, 1.82) is 0 Å². The van der Waals surface area contributed by atoms with Gasteiger partial charge < -0.3 is 9.47 Å². The van der Waals surface area contributed by atoms with Gasteiger partial charge in [0, 0.05) is 19.1 Å². The molecule has 1 N–H and O–H groups in total. The molecular formula is C28H37F3N2O6S. The third-order valence-corrected chi connectivity index (χ3v) is 7.69. The molecule has 1 amide bonds. The van der Waals surface area contributed by atoms with E-state index in [0.29, 0.717) is 13.1 Å². The summed E-state index contributed by atoms with van der Waals surface area (Å²) in [7, 11) is -5.08. The summed E-state index contributed by atoms with van der Waals surface area (Å²) >= 11 is 0. The van der Waals surface area contributed by atoms with Gasteiger partial charge in [-0.1, -0.05) is 60.7 Å². The first-order valence-corrected chi connectivity index (χ1v) is 14.5. The number of benzene rings is 2. The van der Waals surface area contributed by atoms with Crippen LogP contribution in [0.2, 0.25) is 0 Å². The van der Waals surface area contributed by atoms with E-state index >= 15 is 0 Å². The lowest BCUT2D eigenvalue weighted by Crippen LogP contribution is -2.54. The van der Waals surface area contributed by atoms with Crippen LogP contribution in [0.25, 0.3) is 0 Å². The molecule has 1 aliphatic carbocycles. The maximum atomic E-state index is 14.3. The average molecular weight is 587 g/mol. The second kappa shape index (κ2) is 12.9. The normalized spacial score (nSPS) is 20.4. The van der Waals surface area contributed by atoms with Crippen LogP contribution in [0.15, 0.2) is 60.7 Å². The highest BCUT2D eigenvalue weighted by atomic mass is 32.2. The predicted molar refractivity (Wildman–Crippen MR) is 144 cm³/mol. The molecule has 3 rings (SSSR count). The lowest BCUT2D eigenvalue weighted by Gasteiger charge is -2.44. The molecule has 2 aromatic carbocycles. The molecule has 0 aliphatic heterocycles. The zero-order valence-electron chi connectivity index (χ0n) is 22.9. The number of hydrogen-bond acceptors (Lipinski definition) is 6. The van der Waals surface area contributed by atoms with Gasteiger partial charge in [0.25, 0.3) is 0 Å². The molecule has 0 atom stereocenters. The molecule has 8 nitrogen and oxygen atoms in total. The molecule has 1 aliphatic rings. The van der Waals surface area contributed by atoms with Crippen molar-refractivity contribution >= 4 is 16.4 Å². The number of carbonyl (C=O) groups excluding carboxylic acids is 1. The van der Waals surface area contributed by atoms with Crippen molar-refractivity contribution in [1.82, 2.24) is 9.21 Å². The first kappa shape index (κ1) is 31.9. The molecule has 222 valence electrons. The second-order valence-electron chi connectivity index (χ2n) is 11.0. The third kappa shape index (κ3) is 8.92. The van der Waals surface area contributed by atoms with E-state index in [2.05, 4.69) is 4.90 Å². The quantitative estimate of drug-likeness (QED) is 0.342. The summed E-state index contributed by atoms with van der Waals surface area (Å²) in [5.41, 5.74) is -1.49. The fourth-order valence-electron chi connectivity index (χ4n) is 4.83. The largest absolute Gasteiger partial charge is 0.443 e. The standard InChI is InChI=1S/C28H37F3N2O6S/c1-26(2,3)39-25(34)33(40(35,36)37)18-19-38-27(28(29,30)31)16-14-24(15-17-27)32(20-22-10-6-4-7-11-22)21-23-12-8-5-9-13-23/h4-13,24H,14-21H2,1-3H3,(H,35,36,37)/t24-,27-. The van der Waals surface area contributed by atoms with Crippen LogP contribution in [0.4, 0.5) is 18.0 Å². The molecular weight excluding hydrogens is 549 g/mol. The third-order valence-electron chi connectivity index (χ3n) is 6.80. The Morgan fingerprint density at radius 3 is 1.82 bits per heavy atom. The Bertz CT molecular complexity index is 1150. The monoisotopic (exact) mass is 586 g/mol. The van der Waals surface area contributed by atoms with Crippen molar-refractivity contribution in [3.8, 4) is 0 Å². The summed E-state index contributed by atoms with van der Waals surface area (Å²) in [6.07, 6.45) is -6.39. The van der Waals surface area contributed by atoms with Crippen molar-refractivity contribution < 1.29 is 40.4 Å². The topological polar surface area (TPSA) is 96.4 Å². The first-order valence-electron chi connectivity index (χ1n) is 13.1. The summed E-state index contributed by atoms with van der Waals surface area (Å²) in [5, 5.41) is 0. The van der Waals surface area contributed by atoms with Crippen molar-refractivity contribution in [2.45, 2.75) is 83.0 Å². The van der Waals surface area contributed by atoms with E-state index in [1.807, 2.05) is 60.7 Å². The summed E-state index contributed by atoms with van der Waals surface area (Å²) in [6, 6.07) is 19.3. The molecule has 2 aromatic rings. The number of nitrogens with zero attached hydrogens (tertiary/aromatic N) is 2. The summed E-state index contributed by atoms with van der Waals surface area (Å²) in [6.45, 7) is 4.00. The average Bonchev–Trinajstić information content (AvgIpc) is 2.85. The van der Waals surface area contributed by atoms with Crippen LogP contribution in [0.1, 0.15) is 57.6 Å². The minimum atomic E-state index is -5.08. The van der Waals surface area contributed by atoms with Gasteiger partial charge >= 0.3 is 22.6 Å². The van der Waals surface area contributed by atoms with Crippen LogP contribution in [-0.2, 0) is 32.9 Å². The maximum absolute atomic E-state index is 14.3. The Kier molecular flexibility index (Phi) is 10.3. The van der Waals surface area contributed by atoms with E-state index in [1.54, 1.807) is 0 Å². The van der Waals surface area contributed by atoms with E-state index in [-0.39, 0.29) is 36.0 Å². The van der Waals surface area contributed by atoms with Crippen LogP contribution in [0.5, 0.6) is 0 Å². The van der Waals surface area contributed by atoms with Gasteiger partial charge in [-0.3, -0.25) is 9.45 Å². The smallest absolute Gasteiger partial charge is 0.425 e. The molecule has 12 heteroatoms. The van der Waals surface area contributed by atoms with Crippen molar-refractivity contribution in [2.24, 2.45) is 0 Å². The number of ether oxygens (including phenoxy) is 2. The van der Waals surface area contributed by atoms with E-state index in [9.17, 15) is 30.9 Å². The van der Waals surface area contributed by atoms with Gasteiger partial charge in [-0.25, -0.2) is 4.79 Å². The minimum Gasteiger partial charge on any atom is -0.443 e. The van der Waals surface area contributed by atoms with Crippen molar-refractivity contribution in [3.05, 3.63) is 71.8 Å². The number of rotatable bonds is 10. The Labute approximate surface area is 233 Å². The molecule has 0 aromatic heterocycles. The number of amides is 1. The zero-order chi connectivity index (χ0) is 29.6. The van der Waals surface area contributed by atoms with Gasteiger partial charge in [-0.15, -0.1) is 0 Å². The molecule has 0 radical (unpaired) electrons. The fraction of sp³-hybridized carbons (Fsp3) is 0.536. The first-order chi connectivity index (χ1) is 18.6. The van der Waals surface area contributed by atoms with Crippen LogP contribution in [0, 0.1) is 0 Å². The van der Waals surface area contributed by atoms with E-state index in [0.717, 1.165) is 11.1 Å². The molecule has 0 unspecified atom stereocenters. The molecule has 0 spiro atoms. The fourth-order valence-corrected chi connectivity index (χ4v) is 5.36. The van der Waals surface area contributed by atoms with Crippen LogP contribution >= 0.6 is 0 Å². The molecule has 1 fully saturated rings. The Hall–Kier alpha value is -2.67. The van der Waals surface area contributed by atoms with Gasteiger partial charge in [-0.2, -0.15) is 25.9 Å². The Balaban J connectivity index is 1.72. The molecule has 1 saturated carbocycles. The summed E-state index contributed by atoms with van der Waals surface area (Å²) in [4.78, 5) is 14.4. The SMILES string of the molecule is CC(C)(C)OC(=O)N(CCO[C@]1(C(F)(F)F)CC[C@@H](N(Cc2ccccc2)Cc2ccccc2)CC1)S(=O)(=O)O.